The lowest BCUT2D eigenvalue weighted by molar-refractivity contribution is 0.0988. The van der Waals surface area contributed by atoms with Gasteiger partial charge < -0.3 is 4.57 Å². The average Bonchev–Trinajstić information content (AvgIpc) is 2.84. The highest BCUT2D eigenvalue weighted by Gasteiger charge is 2.12. The number of imidazole rings is 1. The summed E-state index contributed by atoms with van der Waals surface area (Å²) in [6.45, 7) is 1.87. The van der Waals surface area contributed by atoms with Gasteiger partial charge in [0.05, 0.1) is 11.0 Å². The van der Waals surface area contributed by atoms with Crippen LogP contribution in [0.2, 0.25) is 0 Å². The highest BCUT2D eigenvalue weighted by atomic mass is 16.1. The van der Waals surface area contributed by atoms with E-state index in [1.54, 1.807) is 12.4 Å². The molecule has 3 rings (SSSR count). The number of benzene rings is 1. The van der Waals surface area contributed by atoms with E-state index < -0.39 is 0 Å². The van der Waals surface area contributed by atoms with Gasteiger partial charge in [-0.2, -0.15) is 0 Å². The molecule has 0 aliphatic heterocycles. The molecule has 0 unspecified atom stereocenters. The number of aromatic nitrogens is 3. The van der Waals surface area contributed by atoms with Crippen molar-refractivity contribution in [2.45, 2.75) is 13.3 Å². The molecule has 2 heterocycles. The van der Waals surface area contributed by atoms with E-state index in [1.807, 2.05) is 48.9 Å². The number of hydrogen-bond acceptors (Lipinski definition) is 3. The van der Waals surface area contributed by atoms with Crippen LogP contribution in [0.4, 0.5) is 0 Å². The van der Waals surface area contributed by atoms with E-state index in [-0.39, 0.29) is 5.78 Å². The Kier molecular flexibility index (Phi) is 3.06. The predicted octanol–water partition coefficient (Wildman–Crippen LogP) is 3.23. The predicted molar refractivity (Wildman–Crippen MR) is 78.6 cm³/mol. The van der Waals surface area contributed by atoms with Crippen LogP contribution in [-0.4, -0.2) is 20.3 Å². The number of fused-ring (bicyclic) bond motifs is 1. The largest absolute Gasteiger partial charge is 0.327 e. The molecule has 0 aliphatic carbocycles. The van der Waals surface area contributed by atoms with E-state index in [9.17, 15) is 4.79 Å². The second-order valence-corrected chi connectivity index (χ2v) is 4.72. The number of ketones is 1. The van der Waals surface area contributed by atoms with E-state index in [0.717, 1.165) is 28.0 Å². The standard InChI is InChI=1S/C16H15N3O/c1-3-15(20)11-6-7-14-13(9-11)18-16(19(14)2)12-5-4-8-17-10-12/h4-10H,3H2,1-2H3. The zero-order chi connectivity index (χ0) is 14.1. The molecule has 0 aliphatic rings. The molecule has 1 aromatic carbocycles. The molecule has 0 saturated heterocycles. The topological polar surface area (TPSA) is 47.8 Å². The number of carbonyl (C=O) groups excluding carboxylic acids is 1. The van der Waals surface area contributed by atoms with E-state index in [1.165, 1.54) is 0 Å². The van der Waals surface area contributed by atoms with Crippen LogP contribution in [0.1, 0.15) is 23.7 Å². The summed E-state index contributed by atoms with van der Waals surface area (Å²) in [5, 5.41) is 0. The van der Waals surface area contributed by atoms with E-state index in [2.05, 4.69) is 9.97 Å². The van der Waals surface area contributed by atoms with Crippen molar-refractivity contribution >= 4 is 16.8 Å². The molecule has 4 nitrogen and oxygen atoms in total. The van der Waals surface area contributed by atoms with Gasteiger partial charge in [-0.25, -0.2) is 4.98 Å². The second-order valence-electron chi connectivity index (χ2n) is 4.72. The average molecular weight is 265 g/mol. The lowest BCUT2D eigenvalue weighted by Gasteiger charge is -2.01. The van der Waals surface area contributed by atoms with Gasteiger partial charge >= 0.3 is 0 Å². The molecule has 3 aromatic rings. The van der Waals surface area contributed by atoms with Gasteiger partial charge in [0.2, 0.25) is 0 Å². The highest BCUT2D eigenvalue weighted by Crippen LogP contribution is 2.24. The minimum Gasteiger partial charge on any atom is -0.327 e. The van der Waals surface area contributed by atoms with Crippen LogP contribution >= 0.6 is 0 Å². The molecule has 0 radical (unpaired) electrons. The molecule has 0 amide bonds. The molecule has 2 aromatic heterocycles. The Bertz CT molecular complexity index is 775. The van der Waals surface area contributed by atoms with Crippen LogP contribution in [0.3, 0.4) is 0 Å². The van der Waals surface area contributed by atoms with Crippen LogP contribution in [0.15, 0.2) is 42.7 Å². The summed E-state index contributed by atoms with van der Waals surface area (Å²) in [5.41, 5.74) is 3.53. The number of hydrogen-bond donors (Lipinski definition) is 0. The first-order valence-corrected chi connectivity index (χ1v) is 6.60. The van der Waals surface area contributed by atoms with E-state index in [0.29, 0.717) is 6.42 Å². The van der Waals surface area contributed by atoms with Crippen molar-refractivity contribution in [3.05, 3.63) is 48.3 Å². The van der Waals surface area contributed by atoms with Gasteiger partial charge in [0, 0.05) is 37.0 Å². The monoisotopic (exact) mass is 265 g/mol. The van der Waals surface area contributed by atoms with Gasteiger partial charge in [0.1, 0.15) is 5.82 Å². The smallest absolute Gasteiger partial charge is 0.162 e. The number of Topliss-reactive ketones (excluding diaryl/α,β-unsaturated/α-hetero) is 1. The van der Waals surface area contributed by atoms with E-state index >= 15 is 0 Å². The summed E-state index contributed by atoms with van der Waals surface area (Å²) < 4.78 is 2.02. The first-order chi connectivity index (χ1) is 9.70. The number of carbonyl (C=O) groups is 1. The van der Waals surface area contributed by atoms with Gasteiger partial charge in [0.25, 0.3) is 0 Å². The minimum atomic E-state index is 0.139. The molecule has 0 bridgehead atoms. The molecule has 0 saturated carbocycles. The Balaban J connectivity index is 2.17. The van der Waals surface area contributed by atoms with Crippen molar-refractivity contribution in [1.82, 2.24) is 14.5 Å². The zero-order valence-electron chi connectivity index (χ0n) is 11.5. The summed E-state index contributed by atoms with van der Waals surface area (Å²) in [6.07, 6.45) is 4.04. The van der Waals surface area contributed by atoms with Crippen LogP contribution in [-0.2, 0) is 7.05 Å². The SMILES string of the molecule is CCC(=O)c1ccc2c(c1)nc(-c1cccnc1)n2C. The number of pyridine rings is 1. The number of rotatable bonds is 3. The van der Waals surface area contributed by atoms with Crippen molar-refractivity contribution in [3.63, 3.8) is 0 Å². The summed E-state index contributed by atoms with van der Waals surface area (Å²) in [6, 6.07) is 9.54. The normalized spacial score (nSPS) is 10.9. The van der Waals surface area contributed by atoms with Crippen molar-refractivity contribution in [2.24, 2.45) is 7.05 Å². The second kappa shape index (κ2) is 4.89. The van der Waals surface area contributed by atoms with Crippen LogP contribution in [0.25, 0.3) is 22.4 Å². The maximum atomic E-state index is 11.8. The Hall–Kier alpha value is -2.49. The first-order valence-electron chi connectivity index (χ1n) is 6.60. The summed E-state index contributed by atoms with van der Waals surface area (Å²) >= 11 is 0. The maximum absolute atomic E-state index is 11.8. The Morgan fingerprint density at radius 2 is 2.15 bits per heavy atom. The molecule has 0 N–H and O–H groups in total. The number of nitrogens with zero attached hydrogens (tertiary/aromatic N) is 3. The van der Waals surface area contributed by atoms with Crippen LogP contribution in [0, 0.1) is 0 Å². The van der Waals surface area contributed by atoms with Crippen molar-refractivity contribution in [3.8, 4) is 11.4 Å². The first kappa shape index (κ1) is 12.5. The van der Waals surface area contributed by atoms with Crippen LogP contribution in [0.5, 0.6) is 0 Å². The number of aryl methyl sites for hydroxylation is 1. The zero-order valence-corrected chi connectivity index (χ0v) is 11.5. The van der Waals surface area contributed by atoms with Gasteiger partial charge in [0.15, 0.2) is 5.78 Å². The minimum absolute atomic E-state index is 0.139. The molecule has 0 fully saturated rings. The fraction of sp³-hybridized carbons (Fsp3) is 0.188. The lowest BCUT2D eigenvalue weighted by atomic mass is 10.1. The fourth-order valence-electron chi connectivity index (χ4n) is 2.33. The van der Waals surface area contributed by atoms with Gasteiger partial charge in [-0.1, -0.05) is 6.92 Å². The van der Waals surface area contributed by atoms with Gasteiger partial charge in [-0.3, -0.25) is 9.78 Å². The summed E-state index contributed by atoms with van der Waals surface area (Å²) in [5.74, 6) is 0.995. The Labute approximate surface area is 117 Å². The molecule has 0 atom stereocenters. The highest BCUT2D eigenvalue weighted by molar-refractivity contribution is 5.99. The third-order valence-corrected chi connectivity index (χ3v) is 3.44. The van der Waals surface area contributed by atoms with Crippen molar-refractivity contribution in [1.29, 1.82) is 0 Å². The third-order valence-electron chi connectivity index (χ3n) is 3.44. The lowest BCUT2D eigenvalue weighted by Crippen LogP contribution is -1.96. The quantitative estimate of drug-likeness (QED) is 0.683. The van der Waals surface area contributed by atoms with Crippen molar-refractivity contribution in [2.75, 3.05) is 0 Å². The summed E-state index contributed by atoms with van der Waals surface area (Å²) in [4.78, 5) is 20.5. The molecular weight excluding hydrogens is 250 g/mol. The molecule has 100 valence electrons. The Morgan fingerprint density at radius 1 is 1.30 bits per heavy atom. The van der Waals surface area contributed by atoms with Crippen LogP contribution < -0.4 is 0 Å². The third kappa shape index (κ3) is 1.99. The molecular formula is C16H15N3O. The van der Waals surface area contributed by atoms with Gasteiger partial charge in [-0.15, -0.1) is 0 Å². The van der Waals surface area contributed by atoms with Gasteiger partial charge in [-0.05, 0) is 30.3 Å². The van der Waals surface area contributed by atoms with E-state index in [4.69, 9.17) is 0 Å². The molecule has 0 spiro atoms. The molecule has 4 heteroatoms. The van der Waals surface area contributed by atoms with Crippen molar-refractivity contribution < 1.29 is 4.79 Å². The fourth-order valence-corrected chi connectivity index (χ4v) is 2.33. The maximum Gasteiger partial charge on any atom is 0.162 e. The Morgan fingerprint density at radius 3 is 2.85 bits per heavy atom. The molecule has 20 heavy (non-hydrogen) atoms. The summed E-state index contributed by atoms with van der Waals surface area (Å²) in [7, 11) is 1.97.